The predicted molar refractivity (Wildman–Crippen MR) is 130 cm³/mol. The highest BCUT2D eigenvalue weighted by atomic mass is 16.6. The van der Waals surface area contributed by atoms with Crippen LogP contribution in [0.1, 0.15) is 75.6 Å². The Balaban J connectivity index is 2.30. The molecule has 0 heterocycles. The van der Waals surface area contributed by atoms with Crippen molar-refractivity contribution in [2.75, 3.05) is 13.1 Å². The van der Waals surface area contributed by atoms with Crippen LogP contribution in [-0.2, 0) is 14.3 Å². The molecule has 0 aliphatic heterocycles. The summed E-state index contributed by atoms with van der Waals surface area (Å²) in [7, 11) is 0. The Hall–Kier alpha value is -2.83. The number of amides is 3. The summed E-state index contributed by atoms with van der Waals surface area (Å²) in [5, 5.41) is 5.69. The molecule has 7 nitrogen and oxygen atoms in total. The summed E-state index contributed by atoms with van der Waals surface area (Å²) < 4.78 is 5.24. The molecule has 1 atom stereocenters. The van der Waals surface area contributed by atoms with Gasteiger partial charge in [0.25, 0.3) is 0 Å². The van der Waals surface area contributed by atoms with E-state index in [2.05, 4.69) is 17.2 Å². The van der Waals surface area contributed by atoms with E-state index in [0.717, 1.165) is 42.4 Å². The molecule has 1 unspecified atom stereocenters. The lowest BCUT2D eigenvalue weighted by atomic mass is 9.93. The minimum absolute atomic E-state index is 0.111. The zero-order chi connectivity index (χ0) is 24.6. The third-order valence-corrected chi connectivity index (χ3v) is 5.67. The molecule has 7 heteroatoms. The first-order valence-corrected chi connectivity index (χ1v) is 11.8. The van der Waals surface area contributed by atoms with Crippen LogP contribution in [0.2, 0.25) is 0 Å². The van der Waals surface area contributed by atoms with Gasteiger partial charge in [0.15, 0.2) is 0 Å². The second-order valence-electron chi connectivity index (χ2n) is 9.80. The fourth-order valence-corrected chi connectivity index (χ4v) is 4.09. The van der Waals surface area contributed by atoms with Crippen LogP contribution in [0.3, 0.4) is 0 Å². The number of rotatable bonds is 8. The van der Waals surface area contributed by atoms with Gasteiger partial charge < -0.3 is 20.3 Å². The normalized spacial score (nSPS) is 15.3. The summed E-state index contributed by atoms with van der Waals surface area (Å²) in [4.78, 5) is 40.4. The monoisotopic (exact) mass is 457 g/mol. The van der Waals surface area contributed by atoms with Crippen LogP contribution in [-0.4, -0.2) is 47.5 Å². The second kappa shape index (κ2) is 11.9. The average Bonchev–Trinajstić information content (AvgIpc) is 2.73. The van der Waals surface area contributed by atoms with Gasteiger partial charge in [-0.15, -0.1) is 6.58 Å². The number of aryl methyl sites for hydroxylation is 2. The number of carbonyl (C=O) groups excluding carboxylic acids is 3. The Morgan fingerprint density at radius 1 is 1.18 bits per heavy atom. The molecule has 182 valence electrons. The number of nitrogens with zero attached hydrogens (tertiary/aromatic N) is 1. The van der Waals surface area contributed by atoms with E-state index < -0.39 is 17.7 Å². The Morgan fingerprint density at radius 2 is 1.85 bits per heavy atom. The van der Waals surface area contributed by atoms with Gasteiger partial charge in [0.05, 0.1) is 0 Å². The van der Waals surface area contributed by atoms with Gasteiger partial charge in [-0.25, -0.2) is 4.79 Å². The summed E-state index contributed by atoms with van der Waals surface area (Å²) >= 11 is 0. The third kappa shape index (κ3) is 8.22. The van der Waals surface area contributed by atoms with Gasteiger partial charge in [-0.2, -0.15) is 0 Å². The summed E-state index contributed by atoms with van der Waals surface area (Å²) in [6.45, 7) is 12.8. The maximum Gasteiger partial charge on any atom is 0.408 e. The lowest BCUT2D eigenvalue weighted by Crippen LogP contribution is -2.50. The van der Waals surface area contributed by atoms with Crippen LogP contribution in [0.5, 0.6) is 0 Å². The van der Waals surface area contributed by atoms with E-state index in [-0.39, 0.29) is 30.9 Å². The van der Waals surface area contributed by atoms with Crippen molar-refractivity contribution in [2.45, 2.75) is 84.4 Å². The summed E-state index contributed by atoms with van der Waals surface area (Å²) in [6, 6.07) is 5.18. The first-order valence-electron chi connectivity index (χ1n) is 11.8. The summed E-state index contributed by atoms with van der Waals surface area (Å²) in [5.74, 6) is -0.589. The largest absolute Gasteiger partial charge is 0.444 e. The highest BCUT2D eigenvalue weighted by molar-refractivity contribution is 5.91. The number of hydrogen-bond donors (Lipinski definition) is 2. The maximum atomic E-state index is 13.6. The van der Waals surface area contributed by atoms with Gasteiger partial charge in [-0.1, -0.05) is 49.1 Å². The lowest BCUT2D eigenvalue weighted by molar-refractivity contribution is -0.140. The summed E-state index contributed by atoms with van der Waals surface area (Å²) in [6.07, 6.45) is 6.18. The topological polar surface area (TPSA) is 87.7 Å². The first-order chi connectivity index (χ1) is 15.5. The molecule has 0 bridgehead atoms. The molecule has 3 amide bonds. The van der Waals surface area contributed by atoms with Crippen molar-refractivity contribution in [3.8, 4) is 0 Å². The first kappa shape index (κ1) is 26.4. The number of benzene rings is 1. The van der Waals surface area contributed by atoms with Gasteiger partial charge in [0.1, 0.15) is 18.2 Å². The molecule has 0 saturated heterocycles. The van der Waals surface area contributed by atoms with Crippen molar-refractivity contribution in [3.05, 3.63) is 47.5 Å². The lowest BCUT2D eigenvalue weighted by Gasteiger charge is -2.33. The van der Waals surface area contributed by atoms with Gasteiger partial charge in [-0.3, -0.25) is 9.59 Å². The minimum atomic E-state index is -0.822. The highest BCUT2D eigenvalue weighted by Crippen LogP contribution is 2.27. The minimum Gasteiger partial charge on any atom is -0.444 e. The fraction of sp³-hybridized carbons (Fsp3) is 0.577. The number of nitrogens with one attached hydrogen (secondary N) is 2. The van der Waals surface area contributed by atoms with Crippen molar-refractivity contribution < 1.29 is 19.1 Å². The number of carbonyl (C=O) groups is 3. The van der Waals surface area contributed by atoms with E-state index in [1.54, 1.807) is 26.8 Å². The Kier molecular flexibility index (Phi) is 9.50. The van der Waals surface area contributed by atoms with Crippen LogP contribution in [0.25, 0.3) is 0 Å². The second-order valence-corrected chi connectivity index (χ2v) is 9.80. The molecule has 1 aromatic rings. The molecular formula is C26H39N3O4. The Labute approximate surface area is 197 Å². The van der Waals surface area contributed by atoms with Crippen molar-refractivity contribution in [3.63, 3.8) is 0 Å². The molecule has 1 aliphatic rings. The van der Waals surface area contributed by atoms with Crippen LogP contribution >= 0.6 is 0 Å². The van der Waals surface area contributed by atoms with Crippen LogP contribution in [0.4, 0.5) is 4.79 Å². The molecule has 1 saturated carbocycles. The molecular weight excluding hydrogens is 418 g/mol. The summed E-state index contributed by atoms with van der Waals surface area (Å²) in [5.41, 5.74) is 2.03. The van der Waals surface area contributed by atoms with Gasteiger partial charge >= 0.3 is 6.09 Å². The molecule has 1 aliphatic carbocycles. The molecule has 0 spiro atoms. The average molecular weight is 458 g/mol. The van der Waals surface area contributed by atoms with E-state index >= 15 is 0 Å². The molecule has 2 N–H and O–H groups in total. The third-order valence-electron chi connectivity index (χ3n) is 5.67. The van der Waals surface area contributed by atoms with Crippen molar-refractivity contribution >= 4 is 17.9 Å². The number of ether oxygens (including phenoxy) is 1. The zero-order valence-electron chi connectivity index (χ0n) is 20.7. The van der Waals surface area contributed by atoms with Crippen LogP contribution in [0.15, 0.2) is 30.9 Å². The van der Waals surface area contributed by atoms with E-state index in [4.69, 9.17) is 4.74 Å². The van der Waals surface area contributed by atoms with Crippen LogP contribution < -0.4 is 10.6 Å². The quantitative estimate of drug-likeness (QED) is 0.569. The highest BCUT2D eigenvalue weighted by Gasteiger charge is 2.33. The predicted octanol–water partition coefficient (Wildman–Crippen LogP) is 4.33. The van der Waals surface area contributed by atoms with E-state index in [9.17, 15) is 14.4 Å². The number of alkyl carbamates (subject to hydrolysis) is 1. The van der Waals surface area contributed by atoms with E-state index in [0.29, 0.717) is 0 Å². The van der Waals surface area contributed by atoms with E-state index in [1.165, 1.54) is 11.3 Å². The smallest absolute Gasteiger partial charge is 0.408 e. The molecule has 0 radical (unpaired) electrons. The standard InChI is InChI=1S/C26H39N3O4/c1-7-15-29(22(30)17-27-25(32)33-26(4,5)6)23(21-16-18(2)13-14-19(21)3)24(31)28-20-11-9-8-10-12-20/h7,13-14,16,20,23H,1,8-12,15,17H2,2-6H3,(H,27,32)(H,28,31). The molecule has 1 fully saturated rings. The maximum absolute atomic E-state index is 13.6. The van der Waals surface area contributed by atoms with Crippen LogP contribution in [0, 0.1) is 13.8 Å². The Bertz CT molecular complexity index is 854. The van der Waals surface area contributed by atoms with Gasteiger partial charge in [-0.05, 0) is 58.6 Å². The number of hydrogen-bond acceptors (Lipinski definition) is 4. The van der Waals surface area contributed by atoms with Gasteiger partial charge in [0.2, 0.25) is 11.8 Å². The van der Waals surface area contributed by atoms with E-state index in [1.807, 2.05) is 32.0 Å². The molecule has 33 heavy (non-hydrogen) atoms. The van der Waals surface area contributed by atoms with Crippen molar-refractivity contribution in [1.82, 2.24) is 15.5 Å². The SMILES string of the molecule is C=CCN(C(=O)CNC(=O)OC(C)(C)C)C(C(=O)NC1CCCCC1)c1cc(C)ccc1C. The van der Waals surface area contributed by atoms with Crippen molar-refractivity contribution in [1.29, 1.82) is 0 Å². The Morgan fingerprint density at radius 3 is 2.45 bits per heavy atom. The molecule has 2 rings (SSSR count). The fourth-order valence-electron chi connectivity index (χ4n) is 4.09. The molecule has 0 aromatic heterocycles. The zero-order valence-corrected chi connectivity index (χ0v) is 20.7. The molecule has 1 aromatic carbocycles. The van der Waals surface area contributed by atoms with Crippen molar-refractivity contribution in [2.24, 2.45) is 0 Å². The van der Waals surface area contributed by atoms with Gasteiger partial charge in [0, 0.05) is 12.6 Å².